The maximum absolute atomic E-state index is 9.86. The average molecular weight is 281 g/mol. The van der Waals surface area contributed by atoms with Crippen LogP contribution in [0.5, 0.6) is 0 Å². The van der Waals surface area contributed by atoms with Crippen LogP contribution >= 0.6 is 11.6 Å². The minimum absolute atomic E-state index is 0.00597. The van der Waals surface area contributed by atoms with Crippen LogP contribution in [0.25, 0.3) is 0 Å². The van der Waals surface area contributed by atoms with Crippen molar-refractivity contribution in [3.63, 3.8) is 0 Å². The van der Waals surface area contributed by atoms with Crippen molar-refractivity contribution in [2.24, 2.45) is 5.73 Å². The molecule has 3 nitrogen and oxygen atoms in total. The highest BCUT2D eigenvalue weighted by Crippen LogP contribution is 2.42. The highest BCUT2D eigenvalue weighted by Gasteiger charge is 2.40. The van der Waals surface area contributed by atoms with Gasteiger partial charge in [-0.2, -0.15) is 0 Å². The molecule has 2 aliphatic rings. The monoisotopic (exact) mass is 280 g/mol. The van der Waals surface area contributed by atoms with Crippen LogP contribution in [0.15, 0.2) is 18.2 Å². The quantitative estimate of drug-likeness (QED) is 0.876. The number of halogens is 1. The molecule has 2 saturated heterocycles. The molecule has 2 bridgehead atoms. The van der Waals surface area contributed by atoms with Gasteiger partial charge in [-0.1, -0.05) is 17.7 Å². The van der Waals surface area contributed by atoms with Gasteiger partial charge in [-0.05, 0) is 50.3 Å². The lowest BCUT2D eigenvalue weighted by Crippen LogP contribution is -2.44. The van der Waals surface area contributed by atoms with E-state index in [1.54, 1.807) is 0 Å². The second-order valence-corrected chi connectivity index (χ2v) is 6.32. The van der Waals surface area contributed by atoms with E-state index in [4.69, 9.17) is 17.3 Å². The van der Waals surface area contributed by atoms with Crippen LogP contribution in [0, 0.1) is 0 Å². The first-order chi connectivity index (χ1) is 9.06. The van der Waals surface area contributed by atoms with Crippen molar-refractivity contribution >= 4 is 17.3 Å². The van der Waals surface area contributed by atoms with Gasteiger partial charge in [-0.3, -0.25) is 0 Å². The van der Waals surface area contributed by atoms with E-state index in [2.05, 4.69) is 17.0 Å². The molecule has 3 N–H and O–H groups in total. The fraction of sp³-hybridized carbons (Fsp3) is 0.600. The van der Waals surface area contributed by atoms with E-state index in [9.17, 15) is 5.11 Å². The molecule has 1 aromatic carbocycles. The topological polar surface area (TPSA) is 49.5 Å². The third-order valence-electron chi connectivity index (χ3n) is 4.48. The number of anilines is 1. The maximum Gasteiger partial charge on any atom is 0.0643 e. The van der Waals surface area contributed by atoms with E-state index in [1.807, 2.05) is 13.0 Å². The van der Waals surface area contributed by atoms with E-state index >= 15 is 0 Å². The van der Waals surface area contributed by atoms with Crippen LogP contribution in [0.3, 0.4) is 0 Å². The largest absolute Gasteiger partial charge is 0.393 e. The minimum Gasteiger partial charge on any atom is -0.393 e. The van der Waals surface area contributed by atoms with Crippen molar-refractivity contribution in [1.29, 1.82) is 0 Å². The predicted octanol–water partition coefficient (Wildman–Crippen LogP) is 2.85. The Balaban J connectivity index is 1.91. The number of rotatable bonds is 2. The smallest absolute Gasteiger partial charge is 0.0643 e. The fourth-order valence-corrected chi connectivity index (χ4v) is 3.84. The molecule has 3 rings (SSSR count). The second kappa shape index (κ2) is 4.97. The molecular formula is C15H21ClN2O. The standard InChI is InChI=1S/C15H21ClN2O/c1-9(17)10-2-5-15(14(16)6-10)18-11-3-4-12(18)8-13(19)7-11/h2,5-6,9,11-13,19H,3-4,7-8,17H2,1H3/t9-,11?,12?,13?/m0/s1. The number of aliphatic hydroxyl groups is 1. The Morgan fingerprint density at radius 2 is 1.95 bits per heavy atom. The summed E-state index contributed by atoms with van der Waals surface area (Å²) in [5.41, 5.74) is 8.06. The summed E-state index contributed by atoms with van der Waals surface area (Å²) in [6.07, 6.45) is 3.90. The van der Waals surface area contributed by atoms with Crippen LogP contribution in [0.4, 0.5) is 5.69 Å². The molecule has 1 aromatic rings. The highest BCUT2D eigenvalue weighted by molar-refractivity contribution is 6.33. The molecule has 2 aliphatic heterocycles. The lowest BCUT2D eigenvalue weighted by Gasteiger charge is -2.39. The summed E-state index contributed by atoms with van der Waals surface area (Å²) in [5.74, 6) is 0. The van der Waals surface area contributed by atoms with Gasteiger partial charge in [-0.15, -0.1) is 0 Å². The molecule has 0 amide bonds. The van der Waals surface area contributed by atoms with Gasteiger partial charge in [0.05, 0.1) is 16.8 Å². The molecule has 0 spiro atoms. The number of piperidine rings is 1. The number of aliphatic hydroxyl groups excluding tert-OH is 1. The second-order valence-electron chi connectivity index (χ2n) is 5.92. The predicted molar refractivity (Wildman–Crippen MR) is 78.6 cm³/mol. The number of nitrogens with zero attached hydrogens (tertiary/aromatic N) is 1. The summed E-state index contributed by atoms with van der Waals surface area (Å²) in [6, 6.07) is 7.01. The fourth-order valence-electron chi connectivity index (χ4n) is 3.56. The van der Waals surface area contributed by atoms with Crippen molar-refractivity contribution in [1.82, 2.24) is 0 Å². The van der Waals surface area contributed by atoms with Crippen molar-refractivity contribution in [3.05, 3.63) is 28.8 Å². The normalized spacial score (nSPS) is 31.6. The number of fused-ring (bicyclic) bond motifs is 2. The van der Waals surface area contributed by atoms with Gasteiger partial charge in [0.15, 0.2) is 0 Å². The summed E-state index contributed by atoms with van der Waals surface area (Å²) in [7, 11) is 0. The summed E-state index contributed by atoms with van der Waals surface area (Å²) in [6.45, 7) is 1.96. The third kappa shape index (κ3) is 2.35. The zero-order chi connectivity index (χ0) is 13.6. The highest BCUT2D eigenvalue weighted by atomic mass is 35.5. The molecule has 2 heterocycles. The number of hydrogen-bond acceptors (Lipinski definition) is 3. The molecular weight excluding hydrogens is 260 g/mol. The van der Waals surface area contributed by atoms with E-state index < -0.39 is 0 Å². The summed E-state index contributed by atoms with van der Waals surface area (Å²) in [4.78, 5) is 2.42. The average Bonchev–Trinajstić information content (AvgIpc) is 2.62. The zero-order valence-electron chi connectivity index (χ0n) is 11.2. The number of benzene rings is 1. The van der Waals surface area contributed by atoms with Crippen molar-refractivity contribution in [2.45, 2.75) is 56.8 Å². The van der Waals surface area contributed by atoms with Gasteiger partial charge in [0.25, 0.3) is 0 Å². The first-order valence-corrected chi connectivity index (χ1v) is 7.45. The number of nitrogens with two attached hydrogens (primary N) is 1. The van der Waals surface area contributed by atoms with Crippen molar-refractivity contribution in [2.75, 3.05) is 4.90 Å². The first kappa shape index (κ1) is 13.2. The van der Waals surface area contributed by atoms with Crippen LogP contribution in [0.2, 0.25) is 5.02 Å². The lowest BCUT2D eigenvalue weighted by atomic mass is 9.98. The Bertz CT molecular complexity index is 463. The first-order valence-electron chi connectivity index (χ1n) is 7.07. The SMILES string of the molecule is C[C@H](N)c1ccc(N2C3CCC2CC(O)C3)c(Cl)c1. The summed E-state index contributed by atoms with van der Waals surface area (Å²) >= 11 is 6.44. The molecule has 0 radical (unpaired) electrons. The van der Waals surface area contributed by atoms with Gasteiger partial charge in [-0.25, -0.2) is 0 Å². The zero-order valence-corrected chi connectivity index (χ0v) is 12.0. The molecule has 4 heteroatoms. The molecule has 19 heavy (non-hydrogen) atoms. The van der Waals surface area contributed by atoms with E-state index in [0.717, 1.165) is 42.0 Å². The minimum atomic E-state index is -0.143. The Morgan fingerprint density at radius 3 is 2.47 bits per heavy atom. The molecule has 0 saturated carbocycles. The van der Waals surface area contributed by atoms with E-state index in [-0.39, 0.29) is 12.1 Å². The molecule has 2 unspecified atom stereocenters. The summed E-state index contributed by atoms with van der Waals surface area (Å²) < 4.78 is 0. The Morgan fingerprint density at radius 1 is 1.32 bits per heavy atom. The van der Waals surface area contributed by atoms with Crippen molar-refractivity contribution < 1.29 is 5.11 Å². The van der Waals surface area contributed by atoms with Gasteiger partial charge < -0.3 is 15.7 Å². The molecule has 3 atom stereocenters. The van der Waals surface area contributed by atoms with Crippen molar-refractivity contribution in [3.8, 4) is 0 Å². The molecule has 0 aliphatic carbocycles. The summed E-state index contributed by atoms with van der Waals surface area (Å²) in [5, 5.41) is 10.6. The Labute approximate surface area is 119 Å². The Kier molecular flexibility index (Phi) is 3.46. The van der Waals surface area contributed by atoms with Crippen LogP contribution in [-0.4, -0.2) is 23.3 Å². The van der Waals surface area contributed by atoms with E-state index in [1.165, 1.54) is 0 Å². The van der Waals surface area contributed by atoms with Crippen LogP contribution in [0.1, 0.15) is 44.2 Å². The maximum atomic E-state index is 9.86. The van der Waals surface area contributed by atoms with E-state index in [0.29, 0.717) is 12.1 Å². The third-order valence-corrected chi connectivity index (χ3v) is 4.79. The van der Waals surface area contributed by atoms with Gasteiger partial charge in [0.2, 0.25) is 0 Å². The lowest BCUT2D eigenvalue weighted by molar-refractivity contribution is 0.126. The molecule has 2 fully saturated rings. The van der Waals surface area contributed by atoms with Crippen LogP contribution in [-0.2, 0) is 0 Å². The number of hydrogen-bond donors (Lipinski definition) is 2. The van der Waals surface area contributed by atoms with Crippen LogP contribution < -0.4 is 10.6 Å². The van der Waals surface area contributed by atoms with Gasteiger partial charge >= 0.3 is 0 Å². The van der Waals surface area contributed by atoms with Gasteiger partial charge in [0, 0.05) is 18.1 Å². The Hall–Kier alpha value is -0.770. The molecule has 0 aromatic heterocycles. The van der Waals surface area contributed by atoms with Gasteiger partial charge in [0.1, 0.15) is 0 Å². The molecule has 104 valence electrons.